The van der Waals surface area contributed by atoms with E-state index in [2.05, 4.69) is 13.8 Å². The number of hydrogen-bond acceptors (Lipinski definition) is 4. The Labute approximate surface area is 167 Å². The van der Waals surface area contributed by atoms with Gasteiger partial charge in [-0.05, 0) is 92.6 Å². The van der Waals surface area contributed by atoms with Gasteiger partial charge in [-0.25, -0.2) is 4.79 Å². The zero-order valence-corrected chi connectivity index (χ0v) is 17.1. The molecular formula is C24H32O4. The second-order valence-electron chi connectivity index (χ2n) is 10.4. The van der Waals surface area contributed by atoms with Crippen molar-refractivity contribution in [2.24, 2.45) is 34.5 Å². The number of ether oxygens (including phenoxy) is 1. The molecule has 0 aliphatic heterocycles. The lowest BCUT2D eigenvalue weighted by Crippen LogP contribution is -2.54. The molecule has 0 bridgehead atoms. The summed E-state index contributed by atoms with van der Waals surface area (Å²) in [6, 6.07) is 3.39. The fourth-order valence-electron chi connectivity index (χ4n) is 7.70. The van der Waals surface area contributed by atoms with Crippen LogP contribution < -0.4 is 0 Å². The van der Waals surface area contributed by atoms with Crippen molar-refractivity contribution >= 4 is 11.8 Å². The molecule has 1 aromatic heterocycles. The number of fused-ring (bicyclic) bond motifs is 5. The summed E-state index contributed by atoms with van der Waals surface area (Å²) in [7, 11) is 0. The third kappa shape index (κ3) is 2.63. The average Bonchev–Trinajstić information content (AvgIpc) is 3.31. The van der Waals surface area contributed by atoms with Gasteiger partial charge in [0.05, 0.1) is 6.26 Å². The van der Waals surface area contributed by atoms with Crippen molar-refractivity contribution in [1.29, 1.82) is 0 Å². The lowest BCUT2D eigenvalue weighted by atomic mass is 9.45. The quantitative estimate of drug-likeness (QED) is 0.639. The minimum absolute atomic E-state index is 0.00846. The normalized spacial score (nSPS) is 45.1. The van der Waals surface area contributed by atoms with E-state index < -0.39 is 0 Å². The van der Waals surface area contributed by atoms with Crippen LogP contribution in [0.1, 0.15) is 82.2 Å². The van der Waals surface area contributed by atoms with Crippen LogP contribution >= 0.6 is 0 Å². The van der Waals surface area contributed by atoms with Crippen LogP contribution in [0.5, 0.6) is 0 Å². The van der Waals surface area contributed by atoms with E-state index >= 15 is 0 Å². The van der Waals surface area contributed by atoms with E-state index in [4.69, 9.17) is 9.15 Å². The first-order valence-corrected chi connectivity index (χ1v) is 11.2. The Balaban J connectivity index is 1.30. The first-order chi connectivity index (χ1) is 13.4. The molecule has 0 saturated heterocycles. The minimum Gasteiger partial charge on any atom is -0.457 e. The molecule has 152 valence electrons. The van der Waals surface area contributed by atoms with Gasteiger partial charge >= 0.3 is 5.97 Å². The number of carbonyl (C=O) groups excluding carboxylic acids is 2. The molecule has 0 unspecified atom stereocenters. The summed E-state index contributed by atoms with van der Waals surface area (Å²) in [4.78, 5) is 24.8. The minimum atomic E-state index is -0.329. The number of rotatable bonds is 2. The SMILES string of the molecule is C[C@]12CC[C@@H](OC(=O)c3ccco3)C[C@@H]1CC[C@H]1[C@H]2CC[C@]2(C)C(=O)CC[C@H]12. The zero-order chi connectivity index (χ0) is 19.5. The van der Waals surface area contributed by atoms with Gasteiger partial charge in [-0.1, -0.05) is 13.8 Å². The molecule has 4 nitrogen and oxygen atoms in total. The van der Waals surface area contributed by atoms with Gasteiger partial charge in [-0.15, -0.1) is 0 Å². The number of Topliss-reactive ketones (excluding diaryl/α,β-unsaturated/α-hetero) is 1. The van der Waals surface area contributed by atoms with Gasteiger partial charge in [-0.3, -0.25) is 4.79 Å². The van der Waals surface area contributed by atoms with Crippen LogP contribution in [0.3, 0.4) is 0 Å². The van der Waals surface area contributed by atoms with Gasteiger partial charge in [0.1, 0.15) is 11.9 Å². The maximum Gasteiger partial charge on any atom is 0.374 e. The maximum absolute atomic E-state index is 12.6. The number of furan rings is 1. The summed E-state index contributed by atoms with van der Waals surface area (Å²) in [6.07, 6.45) is 11.2. The van der Waals surface area contributed by atoms with Crippen LogP contribution in [-0.4, -0.2) is 17.9 Å². The van der Waals surface area contributed by atoms with Crippen molar-refractivity contribution in [3.05, 3.63) is 24.2 Å². The van der Waals surface area contributed by atoms with E-state index in [0.29, 0.717) is 34.7 Å². The number of ketones is 1. The molecule has 4 aliphatic carbocycles. The predicted molar refractivity (Wildman–Crippen MR) is 105 cm³/mol. The van der Waals surface area contributed by atoms with Gasteiger partial charge in [0, 0.05) is 11.8 Å². The Morgan fingerprint density at radius 2 is 1.96 bits per heavy atom. The molecule has 7 atom stereocenters. The Bertz CT molecular complexity index is 768. The summed E-state index contributed by atoms with van der Waals surface area (Å²) >= 11 is 0. The average molecular weight is 385 g/mol. The standard InChI is InChI=1S/C24H32O4/c1-23-11-9-16(28-22(26)20-4-3-13-27-20)14-15(23)5-6-17-18-7-8-21(25)24(18,2)12-10-19(17)23/h3-4,13,15-19H,5-12,14H2,1-2H3/t15-,16+,17+,18+,19+,23-,24-/m0/s1. The molecule has 4 aliphatic rings. The first-order valence-electron chi connectivity index (χ1n) is 11.2. The predicted octanol–water partition coefficient (Wildman–Crippen LogP) is 5.42. The van der Waals surface area contributed by atoms with Crippen molar-refractivity contribution in [2.75, 3.05) is 0 Å². The van der Waals surface area contributed by atoms with E-state index in [1.54, 1.807) is 12.1 Å². The van der Waals surface area contributed by atoms with Crippen LogP contribution in [-0.2, 0) is 9.53 Å². The Hall–Kier alpha value is -1.58. The van der Waals surface area contributed by atoms with Crippen LogP contribution in [0.15, 0.2) is 22.8 Å². The van der Waals surface area contributed by atoms with Crippen molar-refractivity contribution in [3.8, 4) is 0 Å². The molecule has 1 heterocycles. The topological polar surface area (TPSA) is 56.5 Å². The van der Waals surface area contributed by atoms with Crippen LogP contribution in [0.2, 0.25) is 0 Å². The number of carbonyl (C=O) groups is 2. The Morgan fingerprint density at radius 1 is 1.11 bits per heavy atom. The molecule has 0 spiro atoms. The Morgan fingerprint density at radius 3 is 2.75 bits per heavy atom. The molecule has 28 heavy (non-hydrogen) atoms. The molecule has 0 N–H and O–H groups in total. The van der Waals surface area contributed by atoms with E-state index in [-0.39, 0.29) is 17.5 Å². The summed E-state index contributed by atoms with van der Waals surface area (Å²) in [5.41, 5.74) is 0.295. The van der Waals surface area contributed by atoms with Crippen molar-refractivity contribution in [3.63, 3.8) is 0 Å². The van der Waals surface area contributed by atoms with Gasteiger partial charge in [-0.2, -0.15) is 0 Å². The van der Waals surface area contributed by atoms with Gasteiger partial charge in [0.25, 0.3) is 0 Å². The second-order valence-corrected chi connectivity index (χ2v) is 10.4. The number of hydrogen-bond donors (Lipinski definition) is 0. The molecule has 5 rings (SSSR count). The first kappa shape index (κ1) is 18.4. The van der Waals surface area contributed by atoms with Gasteiger partial charge in [0.15, 0.2) is 0 Å². The van der Waals surface area contributed by atoms with Crippen LogP contribution in [0.4, 0.5) is 0 Å². The molecule has 0 aromatic carbocycles. The van der Waals surface area contributed by atoms with E-state index in [1.165, 1.54) is 25.5 Å². The molecule has 0 radical (unpaired) electrons. The lowest BCUT2D eigenvalue weighted by Gasteiger charge is -2.60. The molecular weight excluding hydrogens is 352 g/mol. The molecule has 1 aromatic rings. The monoisotopic (exact) mass is 384 g/mol. The highest BCUT2D eigenvalue weighted by atomic mass is 16.6. The molecule has 4 heteroatoms. The summed E-state index contributed by atoms with van der Waals surface area (Å²) in [6.45, 7) is 4.75. The fourth-order valence-corrected chi connectivity index (χ4v) is 7.70. The Kier molecular flexibility index (Phi) is 4.26. The smallest absolute Gasteiger partial charge is 0.374 e. The molecule has 0 amide bonds. The van der Waals surface area contributed by atoms with E-state index in [9.17, 15) is 9.59 Å². The second kappa shape index (κ2) is 6.47. The highest BCUT2D eigenvalue weighted by Crippen LogP contribution is 2.65. The van der Waals surface area contributed by atoms with Gasteiger partial charge < -0.3 is 9.15 Å². The maximum atomic E-state index is 12.6. The number of esters is 1. The largest absolute Gasteiger partial charge is 0.457 e. The van der Waals surface area contributed by atoms with Crippen molar-refractivity contribution in [1.82, 2.24) is 0 Å². The summed E-state index contributed by atoms with van der Waals surface area (Å²) < 4.78 is 11.0. The fraction of sp³-hybridized carbons (Fsp3) is 0.750. The highest BCUT2D eigenvalue weighted by molar-refractivity contribution is 5.87. The van der Waals surface area contributed by atoms with Crippen LogP contribution in [0, 0.1) is 34.5 Å². The highest BCUT2D eigenvalue weighted by Gasteiger charge is 2.60. The van der Waals surface area contributed by atoms with Gasteiger partial charge in [0.2, 0.25) is 5.76 Å². The lowest BCUT2D eigenvalue weighted by molar-refractivity contribution is -0.142. The van der Waals surface area contributed by atoms with Crippen molar-refractivity contribution < 1.29 is 18.7 Å². The van der Waals surface area contributed by atoms with E-state index in [0.717, 1.165) is 44.4 Å². The molecule has 4 saturated carbocycles. The third-order valence-corrected chi connectivity index (χ3v) is 9.32. The van der Waals surface area contributed by atoms with Crippen LogP contribution in [0.25, 0.3) is 0 Å². The van der Waals surface area contributed by atoms with Crippen molar-refractivity contribution in [2.45, 2.75) is 77.7 Å². The summed E-state index contributed by atoms with van der Waals surface area (Å²) in [5.74, 6) is 3.17. The van der Waals surface area contributed by atoms with E-state index in [1.807, 2.05) is 0 Å². The molecule has 4 fully saturated rings. The third-order valence-electron chi connectivity index (χ3n) is 9.32. The summed E-state index contributed by atoms with van der Waals surface area (Å²) in [5, 5.41) is 0. The zero-order valence-electron chi connectivity index (χ0n) is 17.1.